The van der Waals surface area contributed by atoms with E-state index in [1.807, 2.05) is 6.92 Å². The number of aliphatic carboxylic acids is 1. The van der Waals surface area contributed by atoms with E-state index in [9.17, 15) is 9.59 Å². The van der Waals surface area contributed by atoms with E-state index in [1.165, 1.54) is 7.11 Å². The van der Waals surface area contributed by atoms with Crippen molar-refractivity contribution in [2.24, 2.45) is 0 Å². The SMILES string of the molecule is CCCC(COC)NC(=O)C(=O)O. The molecule has 1 atom stereocenters. The average molecular weight is 189 g/mol. The van der Waals surface area contributed by atoms with Crippen molar-refractivity contribution in [2.45, 2.75) is 25.8 Å². The minimum atomic E-state index is -1.46. The summed E-state index contributed by atoms with van der Waals surface area (Å²) in [5, 5.41) is 10.7. The molecule has 5 nitrogen and oxygen atoms in total. The number of nitrogens with one attached hydrogen (secondary N) is 1. The summed E-state index contributed by atoms with van der Waals surface area (Å²) in [4.78, 5) is 20.9. The van der Waals surface area contributed by atoms with Crippen LogP contribution in [0.4, 0.5) is 0 Å². The number of carbonyl (C=O) groups is 2. The van der Waals surface area contributed by atoms with Crippen molar-refractivity contribution in [1.29, 1.82) is 0 Å². The van der Waals surface area contributed by atoms with Crippen molar-refractivity contribution in [3.05, 3.63) is 0 Å². The molecular weight excluding hydrogens is 174 g/mol. The topological polar surface area (TPSA) is 75.6 Å². The Kier molecular flexibility index (Phi) is 5.88. The maximum atomic E-state index is 10.7. The minimum Gasteiger partial charge on any atom is -0.474 e. The van der Waals surface area contributed by atoms with Gasteiger partial charge < -0.3 is 15.2 Å². The normalized spacial score (nSPS) is 12.2. The molecule has 0 aliphatic heterocycles. The Bertz CT molecular complexity index is 175. The van der Waals surface area contributed by atoms with E-state index < -0.39 is 11.9 Å². The summed E-state index contributed by atoms with van der Waals surface area (Å²) in [5.41, 5.74) is 0. The van der Waals surface area contributed by atoms with E-state index in [2.05, 4.69) is 5.32 Å². The predicted molar refractivity (Wildman–Crippen MR) is 46.4 cm³/mol. The molecular formula is C8H15NO4. The third kappa shape index (κ3) is 5.19. The van der Waals surface area contributed by atoms with Gasteiger partial charge in [-0.25, -0.2) is 4.79 Å². The second-order valence-electron chi connectivity index (χ2n) is 2.72. The van der Waals surface area contributed by atoms with Crippen LogP contribution < -0.4 is 5.32 Å². The lowest BCUT2D eigenvalue weighted by Gasteiger charge is -2.15. The number of carboxylic acid groups (broad SMARTS) is 1. The van der Waals surface area contributed by atoms with Gasteiger partial charge in [-0.3, -0.25) is 4.79 Å². The van der Waals surface area contributed by atoms with Gasteiger partial charge in [0.15, 0.2) is 0 Å². The van der Waals surface area contributed by atoms with Crippen molar-refractivity contribution < 1.29 is 19.4 Å². The summed E-state index contributed by atoms with van der Waals surface area (Å²) in [6.07, 6.45) is 1.58. The van der Waals surface area contributed by atoms with Crippen LogP contribution in [0, 0.1) is 0 Å². The molecule has 5 heteroatoms. The molecule has 0 saturated carbocycles. The Balaban J connectivity index is 3.93. The van der Waals surface area contributed by atoms with Crippen LogP contribution in [0.2, 0.25) is 0 Å². The maximum absolute atomic E-state index is 10.7. The molecule has 0 aromatic heterocycles. The van der Waals surface area contributed by atoms with E-state index in [-0.39, 0.29) is 6.04 Å². The standard InChI is InChI=1S/C8H15NO4/c1-3-4-6(5-13-2)9-7(10)8(11)12/h6H,3-5H2,1-2H3,(H,9,10)(H,11,12). The highest BCUT2D eigenvalue weighted by Gasteiger charge is 2.16. The smallest absolute Gasteiger partial charge is 0.394 e. The van der Waals surface area contributed by atoms with Gasteiger partial charge in [0.25, 0.3) is 0 Å². The fraction of sp³-hybridized carbons (Fsp3) is 0.750. The van der Waals surface area contributed by atoms with Crippen molar-refractivity contribution in [1.82, 2.24) is 5.32 Å². The van der Waals surface area contributed by atoms with Gasteiger partial charge in [-0.1, -0.05) is 13.3 Å². The molecule has 0 aliphatic carbocycles. The molecule has 76 valence electrons. The van der Waals surface area contributed by atoms with Gasteiger partial charge in [-0.15, -0.1) is 0 Å². The van der Waals surface area contributed by atoms with Crippen LogP contribution in [0.15, 0.2) is 0 Å². The van der Waals surface area contributed by atoms with Crippen LogP contribution >= 0.6 is 0 Å². The molecule has 13 heavy (non-hydrogen) atoms. The fourth-order valence-corrected chi connectivity index (χ4v) is 0.994. The monoisotopic (exact) mass is 189 g/mol. The number of ether oxygens (including phenoxy) is 1. The quantitative estimate of drug-likeness (QED) is 0.597. The first-order valence-electron chi connectivity index (χ1n) is 4.14. The van der Waals surface area contributed by atoms with Crippen LogP contribution in [0.3, 0.4) is 0 Å². The van der Waals surface area contributed by atoms with E-state index in [4.69, 9.17) is 9.84 Å². The third-order valence-electron chi connectivity index (χ3n) is 1.53. The first-order valence-corrected chi connectivity index (χ1v) is 4.14. The molecule has 0 aromatic carbocycles. The minimum absolute atomic E-state index is 0.210. The Morgan fingerprint density at radius 3 is 2.54 bits per heavy atom. The molecule has 0 aromatic rings. The van der Waals surface area contributed by atoms with Crippen molar-refractivity contribution >= 4 is 11.9 Å². The molecule has 0 rings (SSSR count). The molecule has 0 fully saturated rings. The number of hydrogen-bond acceptors (Lipinski definition) is 3. The van der Waals surface area contributed by atoms with E-state index >= 15 is 0 Å². The van der Waals surface area contributed by atoms with Gasteiger partial charge in [-0.2, -0.15) is 0 Å². The van der Waals surface area contributed by atoms with Crippen LogP contribution in [0.25, 0.3) is 0 Å². The number of carbonyl (C=O) groups excluding carboxylic acids is 1. The van der Waals surface area contributed by atoms with Gasteiger partial charge >= 0.3 is 11.9 Å². The third-order valence-corrected chi connectivity index (χ3v) is 1.53. The molecule has 0 heterocycles. The van der Waals surface area contributed by atoms with Crippen LogP contribution in [-0.4, -0.2) is 36.7 Å². The molecule has 0 saturated heterocycles. The lowest BCUT2D eigenvalue weighted by atomic mass is 10.2. The van der Waals surface area contributed by atoms with Crippen LogP contribution in [0.1, 0.15) is 19.8 Å². The predicted octanol–water partition coefficient (Wildman–Crippen LogP) is 0.00230. The number of carboxylic acids is 1. The summed E-state index contributed by atoms with van der Waals surface area (Å²) in [6.45, 7) is 2.29. The largest absolute Gasteiger partial charge is 0.474 e. The number of amides is 1. The van der Waals surface area contributed by atoms with Crippen molar-refractivity contribution in [3.8, 4) is 0 Å². The second kappa shape index (κ2) is 6.42. The van der Waals surface area contributed by atoms with E-state index in [0.717, 1.165) is 6.42 Å². The summed E-state index contributed by atoms with van der Waals surface area (Å²) >= 11 is 0. The first-order chi connectivity index (χ1) is 6.11. The van der Waals surface area contributed by atoms with Gasteiger partial charge in [0.1, 0.15) is 0 Å². The summed E-state index contributed by atoms with van der Waals surface area (Å²) in [7, 11) is 1.51. The fourth-order valence-electron chi connectivity index (χ4n) is 0.994. The van der Waals surface area contributed by atoms with E-state index in [0.29, 0.717) is 13.0 Å². The van der Waals surface area contributed by atoms with Crippen LogP contribution in [-0.2, 0) is 14.3 Å². The van der Waals surface area contributed by atoms with Crippen LogP contribution in [0.5, 0.6) is 0 Å². The number of rotatable bonds is 5. The Morgan fingerprint density at radius 2 is 2.15 bits per heavy atom. The average Bonchev–Trinajstić information content (AvgIpc) is 2.05. The lowest BCUT2D eigenvalue weighted by Crippen LogP contribution is -2.41. The maximum Gasteiger partial charge on any atom is 0.394 e. The van der Waals surface area contributed by atoms with Gasteiger partial charge in [0.05, 0.1) is 12.6 Å². The highest BCUT2D eigenvalue weighted by Crippen LogP contribution is 1.96. The molecule has 0 spiro atoms. The Labute approximate surface area is 77.1 Å². The second-order valence-corrected chi connectivity index (χ2v) is 2.72. The molecule has 1 unspecified atom stereocenters. The molecule has 0 radical (unpaired) electrons. The first kappa shape index (κ1) is 11.9. The number of hydrogen-bond donors (Lipinski definition) is 2. The molecule has 0 bridgehead atoms. The zero-order valence-corrected chi connectivity index (χ0v) is 7.87. The van der Waals surface area contributed by atoms with Gasteiger partial charge in [0, 0.05) is 7.11 Å². The zero-order chi connectivity index (χ0) is 10.3. The Hall–Kier alpha value is -1.10. The summed E-state index contributed by atoms with van der Waals surface area (Å²) < 4.78 is 4.83. The Morgan fingerprint density at radius 1 is 1.54 bits per heavy atom. The van der Waals surface area contributed by atoms with Crippen molar-refractivity contribution in [2.75, 3.05) is 13.7 Å². The molecule has 0 aliphatic rings. The van der Waals surface area contributed by atoms with E-state index in [1.54, 1.807) is 0 Å². The van der Waals surface area contributed by atoms with Gasteiger partial charge in [0.2, 0.25) is 0 Å². The molecule has 1 amide bonds. The van der Waals surface area contributed by atoms with Crippen molar-refractivity contribution in [3.63, 3.8) is 0 Å². The highest BCUT2D eigenvalue weighted by molar-refractivity contribution is 6.31. The lowest BCUT2D eigenvalue weighted by molar-refractivity contribution is -0.150. The number of methoxy groups -OCH3 is 1. The highest BCUT2D eigenvalue weighted by atomic mass is 16.5. The summed E-state index contributed by atoms with van der Waals surface area (Å²) in [5.74, 6) is -2.44. The zero-order valence-electron chi connectivity index (χ0n) is 7.87. The van der Waals surface area contributed by atoms with Gasteiger partial charge in [-0.05, 0) is 6.42 Å². The molecule has 2 N–H and O–H groups in total. The summed E-state index contributed by atoms with van der Waals surface area (Å²) in [6, 6.07) is -0.210.